The molecular formula is C13H16O3. The van der Waals surface area contributed by atoms with Gasteiger partial charge in [0.05, 0.1) is 12.0 Å². The van der Waals surface area contributed by atoms with E-state index in [0.717, 1.165) is 36.3 Å². The first-order valence-electron chi connectivity index (χ1n) is 5.51. The van der Waals surface area contributed by atoms with Crippen LogP contribution in [0.4, 0.5) is 0 Å². The second-order valence-corrected chi connectivity index (χ2v) is 4.70. The molecule has 1 aliphatic rings. The molecule has 0 spiro atoms. The summed E-state index contributed by atoms with van der Waals surface area (Å²) >= 11 is 0. The van der Waals surface area contributed by atoms with Crippen LogP contribution in [0.3, 0.4) is 0 Å². The summed E-state index contributed by atoms with van der Waals surface area (Å²) < 4.78 is 5.50. The molecule has 86 valence electrons. The van der Waals surface area contributed by atoms with Crippen molar-refractivity contribution in [3.63, 3.8) is 0 Å². The zero-order valence-electron chi connectivity index (χ0n) is 9.62. The summed E-state index contributed by atoms with van der Waals surface area (Å²) in [5.74, 6) is 0.0976. The molecule has 0 fully saturated rings. The van der Waals surface area contributed by atoms with Gasteiger partial charge in [-0.1, -0.05) is 12.1 Å². The molecule has 1 N–H and O–H groups in total. The summed E-state index contributed by atoms with van der Waals surface area (Å²) in [4.78, 5) is 11.2. The van der Waals surface area contributed by atoms with E-state index in [1.165, 1.54) is 0 Å². The van der Waals surface area contributed by atoms with Crippen LogP contribution in [-0.2, 0) is 16.6 Å². The van der Waals surface area contributed by atoms with Crippen molar-refractivity contribution in [2.45, 2.75) is 32.1 Å². The van der Waals surface area contributed by atoms with Crippen LogP contribution < -0.4 is 4.74 Å². The molecule has 0 aliphatic carbocycles. The largest absolute Gasteiger partial charge is 0.493 e. The van der Waals surface area contributed by atoms with Gasteiger partial charge in [-0.3, -0.25) is 4.79 Å². The van der Waals surface area contributed by atoms with E-state index in [1.54, 1.807) is 13.8 Å². The summed E-state index contributed by atoms with van der Waals surface area (Å²) in [6.45, 7) is 4.20. The first-order valence-corrected chi connectivity index (χ1v) is 5.51. The third kappa shape index (κ3) is 1.77. The summed E-state index contributed by atoms with van der Waals surface area (Å²) in [7, 11) is 0. The maximum absolute atomic E-state index is 11.2. The number of carboxylic acid groups (broad SMARTS) is 1. The Morgan fingerprint density at radius 3 is 2.88 bits per heavy atom. The van der Waals surface area contributed by atoms with Crippen LogP contribution in [0.2, 0.25) is 0 Å². The number of hydrogen-bond donors (Lipinski definition) is 1. The van der Waals surface area contributed by atoms with Gasteiger partial charge in [0, 0.05) is 0 Å². The first kappa shape index (κ1) is 11.0. The summed E-state index contributed by atoms with van der Waals surface area (Å²) in [6.07, 6.45) is 1.98. The maximum atomic E-state index is 11.2. The van der Waals surface area contributed by atoms with E-state index in [1.807, 2.05) is 18.2 Å². The molecule has 3 nitrogen and oxygen atoms in total. The lowest BCUT2D eigenvalue weighted by molar-refractivity contribution is -0.142. The molecule has 1 aromatic carbocycles. The fourth-order valence-electron chi connectivity index (χ4n) is 1.87. The van der Waals surface area contributed by atoms with Crippen LogP contribution >= 0.6 is 0 Å². The van der Waals surface area contributed by atoms with Crippen molar-refractivity contribution in [3.05, 3.63) is 29.3 Å². The summed E-state index contributed by atoms with van der Waals surface area (Å²) in [6, 6.07) is 5.69. The van der Waals surface area contributed by atoms with Gasteiger partial charge in [-0.2, -0.15) is 0 Å². The smallest absolute Gasteiger partial charge is 0.313 e. The minimum atomic E-state index is -0.841. The Labute approximate surface area is 95.0 Å². The van der Waals surface area contributed by atoms with Gasteiger partial charge in [0.15, 0.2) is 0 Å². The van der Waals surface area contributed by atoms with Crippen LogP contribution in [0.25, 0.3) is 0 Å². The average molecular weight is 220 g/mol. The van der Waals surface area contributed by atoms with E-state index >= 15 is 0 Å². The Bertz CT molecular complexity index is 421. The molecule has 0 atom stereocenters. The highest BCUT2D eigenvalue weighted by Gasteiger charge is 2.30. The summed E-state index contributed by atoms with van der Waals surface area (Å²) in [5.41, 5.74) is 1.12. The third-order valence-electron chi connectivity index (χ3n) is 3.16. The normalized spacial score (nSPS) is 15.1. The third-order valence-corrected chi connectivity index (χ3v) is 3.16. The Hall–Kier alpha value is -1.51. The highest BCUT2D eigenvalue weighted by molar-refractivity contribution is 5.80. The van der Waals surface area contributed by atoms with Gasteiger partial charge in [0.25, 0.3) is 0 Å². The number of carbonyl (C=O) groups is 1. The molecule has 3 heteroatoms. The van der Waals surface area contributed by atoms with Crippen LogP contribution in [0.1, 0.15) is 31.4 Å². The lowest BCUT2D eigenvalue weighted by Crippen LogP contribution is -2.28. The van der Waals surface area contributed by atoms with E-state index in [2.05, 4.69) is 0 Å². The highest BCUT2D eigenvalue weighted by atomic mass is 16.5. The topological polar surface area (TPSA) is 46.5 Å². The number of ether oxygens (including phenoxy) is 1. The lowest BCUT2D eigenvalue weighted by atomic mass is 9.83. The van der Waals surface area contributed by atoms with Gasteiger partial charge in [-0.15, -0.1) is 0 Å². The molecule has 1 aromatic rings. The predicted molar refractivity (Wildman–Crippen MR) is 60.9 cm³/mol. The number of aryl methyl sites for hydroxylation is 1. The van der Waals surface area contributed by atoms with Gasteiger partial charge in [0.2, 0.25) is 0 Å². The van der Waals surface area contributed by atoms with Gasteiger partial charge in [-0.05, 0) is 43.9 Å². The zero-order valence-corrected chi connectivity index (χ0v) is 9.62. The van der Waals surface area contributed by atoms with Crippen LogP contribution in [0, 0.1) is 0 Å². The van der Waals surface area contributed by atoms with Crippen molar-refractivity contribution in [2.75, 3.05) is 6.61 Å². The SMILES string of the molecule is CC(C)(C(=O)O)c1ccc2c(c1)CCCO2. The van der Waals surface area contributed by atoms with Gasteiger partial charge >= 0.3 is 5.97 Å². The fraction of sp³-hybridized carbons (Fsp3) is 0.462. The van der Waals surface area contributed by atoms with E-state index in [9.17, 15) is 4.79 Å². The van der Waals surface area contributed by atoms with E-state index < -0.39 is 11.4 Å². The average Bonchev–Trinajstić information content (AvgIpc) is 2.28. The monoisotopic (exact) mass is 220 g/mol. The van der Waals surface area contributed by atoms with Crippen LogP contribution in [-0.4, -0.2) is 17.7 Å². The van der Waals surface area contributed by atoms with Crippen molar-refractivity contribution >= 4 is 5.97 Å². The maximum Gasteiger partial charge on any atom is 0.313 e. The lowest BCUT2D eigenvalue weighted by Gasteiger charge is -2.23. The minimum Gasteiger partial charge on any atom is -0.493 e. The van der Waals surface area contributed by atoms with Gasteiger partial charge < -0.3 is 9.84 Å². The fourth-order valence-corrected chi connectivity index (χ4v) is 1.87. The molecule has 0 bridgehead atoms. The number of aliphatic carboxylic acids is 1. The van der Waals surface area contributed by atoms with Crippen molar-refractivity contribution in [2.24, 2.45) is 0 Å². The molecule has 0 amide bonds. The Kier molecular flexibility index (Phi) is 2.62. The number of carboxylic acids is 1. The van der Waals surface area contributed by atoms with Gasteiger partial charge in [-0.25, -0.2) is 0 Å². The molecule has 16 heavy (non-hydrogen) atoms. The minimum absolute atomic E-state index is 0.759. The van der Waals surface area contributed by atoms with Crippen molar-refractivity contribution in [3.8, 4) is 5.75 Å². The highest BCUT2D eigenvalue weighted by Crippen LogP contribution is 2.31. The quantitative estimate of drug-likeness (QED) is 0.832. The van der Waals surface area contributed by atoms with Crippen molar-refractivity contribution in [1.82, 2.24) is 0 Å². The Balaban J connectivity index is 2.40. The summed E-state index contributed by atoms with van der Waals surface area (Å²) in [5, 5.41) is 9.17. The molecule has 0 saturated carbocycles. The number of benzene rings is 1. The predicted octanol–water partition coefficient (Wildman–Crippen LogP) is 2.37. The van der Waals surface area contributed by atoms with E-state index in [4.69, 9.17) is 9.84 Å². The van der Waals surface area contributed by atoms with Crippen LogP contribution in [0.5, 0.6) is 5.75 Å². The molecular weight excluding hydrogens is 204 g/mol. The Morgan fingerprint density at radius 1 is 1.44 bits per heavy atom. The number of fused-ring (bicyclic) bond motifs is 1. The molecule has 0 aromatic heterocycles. The second kappa shape index (κ2) is 3.81. The van der Waals surface area contributed by atoms with E-state index in [0.29, 0.717) is 0 Å². The molecule has 0 saturated heterocycles. The van der Waals surface area contributed by atoms with E-state index in [-0.39, 0.29) is 0 Å². The zero-order chi connectivity index (χ0) is 11.8. The standard InChI is InChI=1S/C13H16O3/c1-13(2,12(14)15)10-5-6-11-9(8-10)4-3-7-16-11/h5-6,8H,3-4,7H2,1-2H3,(H,14,15). The molecule has 0 unspecified atom stereocenters. The Morgan fingerprint density at radius 2 is 2.19 bits per heavy atom. The van der Waals surface area contributed by atoms with Crippen LogP contribution in [0.15, 0.2) is 18.2 Å². The number of hydrogen-bond acceptors (Lipinski definition) is 2. The second-order valence-electron chi connectivity index (χ2n) is 4.70. The van der Waals surface area contributed by atoms with Gasteiger partial charge in [0.1, 0.15) is 5.75 Å². The number of rotatable bonds is 2. The molecule has 1 aliphatic heterocycles. The molecule has 0 radical (unpaired) electrons. The molecule has 2 rings (SSSR count). The first-order chi connectivity index (χ1) is 7.51. The van der Waals surface area contributed by atoms with Crippen molar-refractivity contribution < 1.29 is 14.6 Å². The van der Waals surface area contributed by atoms with Crippen molar-refractivity contribution in [1.29, 1.82) is 0 Å². The molecule has 1 heterocycles.